The summed E-state index contributed by atoms with van der Waals surface area (Å²) in [6.07, 6.45) is 0. The lowest BCUT2D eigenvalue weighted by molar-refractivity contribution is 0.439. The molecule has 13 heavy (non-hydrogen) atoms. The first-order valence-corrected chi connectivity index (χ1v) is 4.87. The van der Waals surface area contributed by atoms with Gasteiger partial charge < -0.3 is 10.4 Å². The van der Waals surface area contributed by atoms with Crippen molar-refractivity contribution in [3.8, 4) is 5.88 Å². The Kier molecular flexibility index (Phi) is 1.91. The molecule has 1 aromatic rings. The molecule has 1 aliphatic heterocycles. The molecule has 70 valence electrons. The minimum Gasteiger partial charge on any atom is -0.492 e. The fourth-order valence-electron chi connectivity index (χ4n) is 1.28. The molecule has 0 fully saturated rings. The van der Waals surface area contributed by atoms with Gasteiger partial charge in [0.05, 0.1) is 0 Å². The van der Waals surface area contributed by atoms with Gasteiger partial charge in [0, 0.05) is 19.3 Å². The molecule has 5 nitrogen and oxygen atoms in total. The number of hydrogen-bond donors (Lipinski definition) is 2. The lowest BCUT2D eigenvalue weighted by Gasteiger charge is -2.05. The monoisotopic (exact) mass is 199 g/mol. The molecule has 0 saturated heterocycles. The summed E-state index contributed by atoms with van der Waals surface area (Å²) in [5.41, 5.74) is -0.0266. The summed E-state index contributed by atoms with van der Waals surface area (Å²) in [7, 11) is 1.59. The van der Waals surface area contributed by atoms with Crippen LogP contribution < -0.4 is 10.9 Å². The first kappa shape index (κ1) is 8.43. The molecule has 1 aliphatic rings. The maximum atomic E-state index is 11.6. The molecule has 2 N–H and O–H groups in total. The van der Waals surface area contributed by atoms with E-state index in [1.54, 1.807) is 11.6 Å². The highest BCUT2D eigenvalue weighted by Crippen LogP contribution is 2.25. The molecule has 0 amide bonds. The van der Waals surface area contributed by atoms with Crippen molar-refractivity contribution in [1.82, 2.24) is 9.55 Å². The molecule has 1 aromatic heterocycles. The fraction of sp³-hybridized carbons (Fsp3) is 0.429. The third-order valence-electron chi connectivity index (χ3n) is 1.91. The average Bonchev–Trinajstić information content (AvgIpc) is 2.53. The van der Waals surface area contributed by atoms with E-state index in [-0.39, 0.29) is 17.1 Å². The van der Waals surface area contributed by atoms with Gasteiger partial charge in [0.1, 0.15) is 0 Å². The topological polar surface area (TPSA) is 67.2 Å². The lowest BCUT2D eigenvalue weighted by atomic mass is 10.5. The molecule has 0 radical (unpaired) electrons. The quantitative estimate of drug-likeness (QED) is 0.628. The smallest absolute Gasteiger partial charge is 0.281 e. The van der Waals surface area contributed by atoms with Gasteiger partial charge in [-0.15, -0.1) is 0 Å². The van der Waals surface area contributed by atoms with Crippen LogP contribution in [0, 0.1) is 0 Å². The average molecular weight is 199 g/mol. The standard InChI is InChI=1S/C7H9N3O2S/c1-8-4-5(11)9-7-10(6(4)12)2-3-13-7/h8,11H,2-3H2,1H3. The maximum absolute atomic E-state index is 11.6. The number of aromatic hydroxyl groups is 1. The number of anilines is 1. The van der Waals surface area contributed by atoms with E-state index in [0.717, 1.165) is 5.75 Å². The van der Waals surface area contributed by atoms with Crippen LogP contribution in [0.25, 0.3) is 0 Å². The van der Waals surface area contributed by atoms with Gasteiger partial charge in [-0.25, -0.2) is 0 Å². The van der Waals surface area contributed by atoms with Crippen molar-refractivity contribution in [2.24, 2.45) is 0 Å². The molecule has 0 aromatic carbocycles. The van der Waals surface area contributed by atoms with Gasteiger partial charge in [-0.1, -0.05) is 11.8 Å². The van der Waals surface area contributed by atoms with Crippen molar-refractivity contribution in [2.75, 3.05) is 18.1 Å². The summed E-state index contributed by atoms with van der Waals surface area (Å²) in [6.45, 7) is 0.667. The first-order chi connectivity index (χ1) is 6.24. The molecule has 2 rings (SSSR count). The molecule has 0 aliphatic carbocycles. The molecule has 0 spiro atoms. The van der Waals surface area contributed by atoms with Crippen LogP contribution in [0.1, 0.15) is 0 Å². The number of nitrogens with one attached hydrogen (secondary N) is 1. The van der Waals surface area contributed by atoms with Crippen LogP contribution in [0.4, 0.5) is 5.69 Å². The second kappa shape index (κ2) is 2.95. The van der Waals surface area contributed by atoms with Crippen LogP contribution >= 0.6 is 11.8 Å². The predicted molar refractivity (Wildman–Crippen MR) is 50.4 cm³/mol. The normalized spacial score (nSPS) is 14.2. The molecule has 6 heteroatoms. The maximum Gasteiger partial charge on any atom is 0.281 e. The predicted octanol–water partition coefficient (Wildman–Crippen LogP) is 0.0963. The van der Waals surface area contributed by atoms with Crippen molar-refractivity contribution in [3.05, 3.63) is 10.4 Å². The minimum atomic E-state index is -0.215. The van der Waals surface area contributed by atoms with Crippen LogP contribution in [0.2, 0.25) is 0 Å². The minimum absolute atomic E-state index is 0.172. The Labute approximate surface area is 78.8 Å². The van der Waals surface area contributed by atoms with Gasteiger partial charge in [-0.2, -0.15) is 4.98 Å². The lowest BCUT2D eigenvalue weighted by Crippen LogP contribution is -2.22. The summed E-state index contributed by atoms with van der Waals surface area (Å²) in [6, 6.07) is 0. The fourth-order valence-corrected chi connectivity index (χ4v) is 2.22. The molecule has 2 heterocycles. The van der Waals surface area contributed by atoms with Crippen molar-refractivity contribution < 1.29 is 5.11 Å². The third-order valence-corrected chi connectivity index (χ3v) is 2.87. The summed E-state index contributed by atoms with van der Waals surface area (Å²) in [4.78, 5) is 15.5. The van der Waals surface area contributed by atoms with E-state index in [2.05, 4.69) is 10.3 Å². The number of thioether (sulfide) groups is 1. The van der Waals surface area contributed by atoms with E-state index in [4.69, 9.17) is 0 Å². The molecular formula is C7H9N3O2S. The Morgan fingerprint density at radius 1 is 1.69 bits per heavy atom. The Bertz CT molecular complexity index is 395. The number of fused-ring (bicyclic) bond motifs is 1. The van der Waals surface area contributed by atoms with Gasteiger partial charge in [0.25, 0.3) is 5.56 Å². The second-order valence-electron chi connectivity index (χ2n) is 2.65. The van der Waals surface area contributed by atoms with Gasteiger partial charge >= 0.3 is 0 Å². The number of nitrogens with zero attached hydrogens (tertiary/aromatic N) is 2. The van der Waals surface area contributed by atoms with Crippen LogP contribution in [0.15, 0.2) is 9.95 Å². The van der Waals surface area contributed by atoms with Crippen molar-refractivity contribution in [3.63, 3.8) is 0 Å². The van der Waals surface area contributed by atoms with E-state index in [9.17, 15) is 9.90 Å². The van der Waals surface area contributed by atoms with Gasteiger partial charge in [-0.3, -0.25) is 9.36 Å². The van der Waals surface area contributed by atoms with Crippen molar-refractivity contribution >= 4 is 17.4 Å². The van der Waals surface area contributed by atoms with Gasteiger partial charge in [0.15, 0.2) is 10.8 Å². The number of hydrogen-bond acceptors (Lipinski definition) is 5. The molecule has 0 saturated carbocycles. The Morgan fingerprint density at radius 3 is 3.15 bits per heavy atom. The molecular weight excluding hydrogens is 190 g/mol. The van der Waals surface area contributed by atoms with Crippen LogP contribution in [-0.2, 0) is 6.54 Å². The van der Waals surface area contributed by atoms with E-state index < -0.39 is 0 Å². The molecule has 0 bridgehead atoms. The Morgan fingerprint density at radius 2 is 2.46 bits per heavy atom. The highest BCUT2D eigenvalue weighted by Gasteiger charge is 2.19. The SMILES string of the molecule is CNc1c(O)nc2n(c1=O)CCS2. The summed E-state index contributed by atoms with van der Waals surface area (Å²) >= 11 is 1.48. The third kappa shape index (κ3) is 1.17. The summed E-state index contributed by atoms with van der Waals surface area (Å²) in [5.74, 6) is 0.627. The Balaban J connectivity index is 2.70. The first-order valence-electron chi connectivity index (χ1n) is 3.88. The summed E-state index contributed by atoms with van der Waals surface area (Å²) in [5, 5.41) is 12.6. The summed E-state index contributed by atoms with van der Waals surface area (Å²) < 4.78 is 1.57. The van der Waals surface area contributed by atoms with Crippen LogP contribution in [0.5, 0.6) is 5.88 Å². The van der Waals surface area contributed by atoms with Crippen LogP contribution in [-0.4, -0.2) is 27.5 Å². The van der Waals surface area contributed by atoms with E-state index in [1.165, 1.54) is 11.8 Å². The van der Waals surface area contributed by atoms with E-state index in [1.807, 2.05) is 0 Å². The zero-order chi connectivity index (χ0) is 9.42. The van der Waals surface area contributed by atoms with Gasteiger partial charge in [-0.05, 0) is 0 Å². The highest BCUT2D eigenvalue weighted by atomic mass is 32.2. The second-order valence-corrected chi connectivity index (χ2v) is 3.71. The van der Waals surface area contributed by atoms with E-state index in [0.29, 0.717) is 11.7 Å². The van der Waals surface area contributed by atoms with Crippen molar-refractivity contribution in [2.45, 2.75) is 11.7 Å². The Hall–Kier alpha value is -1.17. The number of rotatable bonds is 1. The number of aromatic nitrogens is 2. The molecule has 0 unspecified atom stereocenters. The zero-order valence-electron chi connectivity index (χ0n) is 7.07. The van der Waals surface area contributed by atoms with Gasteiger partial charge in [0.2, 0.25) is 5.88 Å². The highest BCUT2D eigenvalue weighted by molar-refractivity contribution is 7.99. The molecule has 0 atom stereocenters. The van der Waals surface area contributed by atoms with Crippen molar-refractivity contribution in [1.29, 1.82) is 0 Å². The largest absolute Gasteiger partial charge is 0.492 e. The van der Waals surface area contributed by atoms with Crippen LogP contribution in [0.3, 0.4) is 0 Å². The van der Waals surface area contributed by atoms with E-state index >= 15 is 0 Å². The zero-order valence-corrected chi connectivity index (χ0v) is 7.89.